The van der Waals surface area contributed by atoms with Crippen molar-refractivity contribution in [1.29, 1.82) is 0 Å². The zero-order valence-electron chi connectivity index (χ0n) is 8.52. The van der Waals surface area contributed by atoms with E-state index >= 15 is 0 Å². The van der Waals surface area contributed by atoms with E-state index in [1.165, 1.54) is 25.0 Å². The van der Waals surface area contributed by atoms with Crippen LogP contribution in [0, 0.1) is 5.92 Å². The first-order valence-electron chi connectivity index (χ1n) is 5.50. The molecule has 2 rings (SSSR count). The van der Waals surface area contributed by atoms with Crippen LogP contribution in [0.3, 0.4) is 0 Å². The van der Waals surface area contributed by atoms with Gasteiger partial charge in [-0.1, -0.05) is 18.9 Å². The normalized spacial score (nSPS) is 18.1. The second-order valence-corrected chi connectivity index (χ2v) is 4.30. The third-order valence-corrected chi connectivity index (χ3v) is 2.83. The van der Waals surface area contributed by atoms with Crippen LogP contribution in [-0.4, -0.2) is 11.0 Å². The molecule has 1 aliphatic carbocycles. The van der Waals surface area contributed by atoms with Crippen LogP contribution in [-0.2, 0) is 6.42 Å². The Kier molecular flexibility index (Phi) is 3.14. The van der Waals surface area contributed by atoms with E-state index in [2.05, 4.69) is 11.1 Å². The van der Waals surface area contributed by atoms with Crippen molar-refractivity contribution in [1.82, 2.24) is 4.98 Å². The molecule has 1 aliphatic rings. The Balaban J connectivity index is 1.70. The number of hydrogen-bond acceptors (Lipinski definition) is 2. The van der Waals surface area contributed by atoms with Crippen molar-refractivity contribution in [2.24, 2.45) is 11.7 Å². The molecule has 0 spiro atoms. The molecule has 0 aromatic carbocycles. The molecular weight excluding hydrogens is 172 g/mol. The number of aryl methyl sites for hydroxylation is 1. The maximum absolute atomic E-state index is 6.03. The Morgan fingerprint density at radius 2 is 2.29 bits per heavy atom. The van der Waals surface area contributed by atoms with E-state index in [1.54, 1.807) is 0 Å². The average molecular weight is 190 g/mol. The smallest absolute Gasteiger partial charge is 0.0404 e. The number of aromatic nitrogens is 1. The molecule has 0 amide bonds. The summed E-state index contributed by atoms with van der Waals surface area (Å²) in [5.41, 5.74) is 7.20. The van der Waals surface area contributed by atoms with Crippen LogP contribution in [0.25, 0.3) is 0 Å². The van der Waals surface area contributed by atoms with Crippen LogP contribution in [0.2, 0.25) is 0 Å². The Morgan fingerprint density at radius 1 is 1.43 bits per heavy atom. The molecule has 1 aromatic rings. The van der Waals surface area contributed by atoms with Gasteiger partial charge in [0.2, 0.25) is 0 Å². The summed E-state index contributed by atoms with van der Waals surface area (Å²) >= 11 is 0. The molecule has 0 saturated heterocycles. The van der Waals surface area contributed by atoms with Gasteiger partial charge in [0.05, 0.1) is 0 Å². The summed E-state index contributed by atoms with van der Waals surface area (Å²) in [7, 11) is 0. The first-order chi connectivity index (χ1) is 6.84. The van der Waals surface area contributed by atoms with Crippen molar-refractivity contribution in [2.45, 2.75) is 38.1 Å². The average Bonchev–Trinajstić information content (AvgIpc) is 3.00. The predicted molar refractivity (Wildman–Crippen MR) is 57.9 cm³/mol. The van der Waals surface area contributed by atoms with Gasteiger partial charge in [0.15, 0.2) is 0 Å². The van der Waals surface area contributed by atoms with Crippen LogP contribution < -0.4 is 5.73 Å². The minimum Gasteiger partial charge on any atom is -0.328 e. The zero-order chi connectivity index (χ0) is 9.80. The van der Waals surface area contributed by atoms with Gasteiger partial charge < -0.3 is 5.73 Å². The summed E-state index contributed by atoms with van der Waals surface area (Å²) in [6, 6.07) is 6.44. The van der Waals surface area contributed by atoms with Gasteiger partial charge in [-0.05, 0) is 37.3 Å². The molecule has 1 aromatic heterocycles. The van der Waals surface area contributed by atoms with E-state index in [9.17, 15) is 0 Å². The molecule has 2 N–H and O–H groups in total. The first-order valence-corrected chi connectivity index (χ1v) is 5.50. The van der Waals surface area contributed by atoms with Crippen molar-refractivity contribution in [2.75, 3.05) is 0 Å². The monoisotopic (exact) mass is 190 g/mol. The predicted octanol–water partition coefficient (Wildman–Crippen LogP) is 2.14. The SMILES string of the molecule is NC(CCc1ccccn1)CC1CC1. The van der Waals surface area contributed by atoms with Crippen LogP contribution in [0.15, 0.2) is 24.4 Å². The standard InChI is InChI=1S/C12H18N2/c13-11(9-10-4-5-10)6-7-12-3-1-2-8-14-12/h1-3,8,10-11H,4-7,9,13H2. The summed E-state index contributed by atoms with van der Waals surface area (Å²) in [6.45, 7) is 0. The van der Waals surface area contributed by atoms with E-state index in [1.807, 2.05) is 18.3 Å². The van der Waals surface area contributed by atoms with Gasteiger partial charge in [0, 0.05) is 17.9 Å². The Bertz CT molecular complexity index is 267. The van der Waals surface area contributed by atoms with Crippen molar-refractivity contribution in [3.8, 4) is 0 Å². The van der Waals surface area contributed by atoms with Gasteiger partial charge in [0.25, 0.3) is 0 Å². The number of nitrogens with zero attached hydrogens (tertiary/aromatic N) is 1. The third-order valence-electron chi connectivity index (χ3n) is 2.83. The van der Waals surface area contributed by atoms with Gasteiger partial charge in [-0.25, -0.2) is 0 Å². The molecular formula is C12H18N2. The van der Waals surface area contributed by atoms with E-state index in [0.29, 0.717) is 6.04 Å². The first kappa shape index (κ1) is 9.66. The highest BCUT2D eigenvalue weighted by molar-refractivity contribution is 5.03. The fraction of sp³-hybridized carbons (Fsp3) is 0.583. The van der Waals surface area contributed by atoms with E-state index in [4.69, 9.17) is 5.73 Å². The topological polar surface area (TPSA) is 38.9 Å². The highest BCUT2D eigenvalue weighted by Gasteiger charge is 2.23. The molecule has 2 heteroatoms. The van der Waals surface area contributed by atoms with Gasteiger partial charge in [-0.3, -0.25) is 4.98 Å². The Morgan fingerprint density at radius 3 is 2.93 bits per heavy atom. The highest BCUT2D eigenvalue weighted by Crippen LogP contribution is 2.33. The second-order valence-electron chi connectivity index (χ2n) is 4.30. The lowest BCUT2D eigenvalue weighted by atomic mass is 10.0. The summed E-state index contributed by atoms with van der Waals surface area (Å²) in [4.78, 5) is 4.29. The molecule has 1 fully saturated rings. The maximum Gasteiger partial charge on any atom is 0.0404 e. The third kappa shape index (κ3) is 3.11. The van der Waals surface area contributed by atoms with Crippen molar-refractivity contribution in [3.63, 3.8) is 0 Å². The van der Waals surface area contributed by atoms with Gasteiger partial charge in [0.1, 0.15) is 0 Å². The molecule has 1 atom stereocenters. The molecule has 0 bridgehead atoms. The lowest BCUT2D eigenvalue weighted by Gasteiger charge is -2.09. The Labute approximate surface area is 85.5 Å². The van der Waals surface area contributed by atoms with E-state index in [-0.39, 0.29) is 0 Å². The van der Waals surface area contributed by atoms with Crippen LogP contribution in [0.1, 0.15) is 31.4 Å². The summed E-state index contributed by atoms with van der Waals surface area (Å²) < 4.78 is 0. The summed E-state index contributed by atoms with van der Waals surface area (Å²) in [5, 5.41) is 0. The van der Waals surface area contributed by atoms with E-state index in [0.717, 1.165) is 18.8 Å². The molecule has 2 nitrogen and oxygen atoms in total. The highest BCUT2D eigenvalue weighted by atomic mass is 14.7. The van der Waals surface area contributed by atoms with Crippen LogP contribution >= 0.6 is 0 Å². The van der Waals surface area contributed by atoms with Crippen molar-refractivity contribution in [3.05, 3.63) is 30.1 Å². The summed E-state index contributed by atoms with van der Waals surface area (Å²) in [5.74, 6) is 0.939. The molecule has 14 heavy (non-hydrogen) atoms. The Hall–Kier alpha value is -0.890. The van der Waals surface area contributed by atoms with Gasteiger partial charge in [-0.15, -0.1) is 0 Å². The molecule has 0 aliphatic heterocycles. The second kappa shape index (κ2) is 4.56. The lowest BCUT2D eigenvalue weighted by Crippen LogP contribution is -2.21. The largest absolute Gasteiger partial charge is 0.328 e. The fourth-order valence-corrected chi connectivity index (χ4v) is 1.78. The molecule has 1 unspecified atom stereocenters. The van der Waals surface area contributed by atoms with Crippen LogP contribution in [0.4, 0.5) is 0 Å². The fourth-order valence-electron chi connectivity index (χ4n) is 1.78. The number of pyridine rings is 1. The maximum atomic E-state index is 6.03. The van der Waals surface area contributed by atoms with Crippen molar-refractivity contribution >= 4 is 0 Å². The van der Waals surface area contributed by atoms with E-state index < -0.39 is 0 Å². The number of nitrogens with two attached hydrogens (primary N) is 1. The van der Waals surface area contributed by atoms with Crippen molar-refractivity contribution < 1.29 is 0 Å². The zero-order valence-corrected chi connectivity index (χ0v) is 8.52. The minimum atomic E-state index is 0.379. The van der Waals surface area contributed by atoms with Gasteiger partial charge >= 0.3 is 0 Å². The minimum absolute atomic E-state index is 0.379. The lowest BCUT2D eigenvalue weighted by molar-refractivity contribution is 0.531. The molecule has 76 valence electrons. The van der Waals surface area contributed by atoms with Crippen LogP contribution in [0.5, 0.6) is 0 Å². The summed E-state index contributed by atoms with van der Waals surface area (Å²) in [6.07, 6.45) is 7.96. The number of rotatable bonds is 5. The molecule has 1 saturated carbocycles. The molecule has 0 radical (unpaired) electrons. The number of hydrogen-bond donors (Lipinski definition) is 1. The molecule has 1 heterocycles. The quantitative estimate of drug-likeness (QED) is 0.772. The van der Waals surface area contributed by atoms with Gasteiger partial charge in [-0.2, -0.15) is 0 Å².